The Morgan fingerprint density at radius 1 is 1.17 bits per heavy atom. The summed E-state index contributed by atoms with van der Waals surface area (Å²) in [5, 5.41) is 3.80. The van der Waals surface area contributed by atoms with E-state index in [1.807, 2.05) is 7.11 Å². The summed E-state index contributed by atoms with van der Waals surface area (Å²) in [5.74, 6) is 0.951. The molecule has 0 aromatic carbocycles. The molecule has 18 heavy (non-hydrogen) atoms. The maximum absolute atomic E-state index is 6.01. The third kappa shape index (κ3) is 3.27. The molecule has 0 radical (unpaired) electrons. The molecule has 1 N–H and O–H groups in total. The van der Waals surface area contributed by atoms with E-state index in [0.717, 1.165) is 12.5 Å². The molecule has 0 amide bonds. The fourth-order valence-electron chi connectivity index (χ4n) is 4.05. The maximum atomic E-state index is 6.01. The topological polar surface area (TPSA) is 21.3 Å². The van der Waals surface area contributed by atoms with E-state index in [2.05, 4.69) is 12.2 Å². The normalized spacial score (nSPS) is 25.7. The standard InChI is InChI=1S/C16H31NO/c1-3-12-17-15(13-14-8-4-5-9-14)16(18-2)10-6-7-11-16/h14-15,17H,3-13H2,1-2H3. The summed E-state index contributed by atoms with van der Waals surface area (Å²) < 4.78 is 6.01. The van der Waals surface area contributed by atoms with Gasteiger partial charge in [-0.3, -0.25) is 0 Å². The Bertz CT molecular complexity index is 229. The van der Waals surface area contributed by atoms with Gasteiger partial charge < -0.3 is 10.1 Å². The van der Waals surface area contributed by atoms with Crippen LogP contribution in [0.4, 0.5) is 0 Å². The average molecular weight is 253 g/mol. The zero-order valence-electron chi connectivity index (χ0n) is 12.3. The highest BCUT2D eigenvalue weighted by Crippen LogP contribution is 2.40. The van der Waals surface area contributed by atoms with E-state index in [1.54, 1.807) is 0 Å². The van der Waals surface area contributed by atoms with E-state index in [-0.39, 0.29) is 5.60 Å². The van der Waals surface area contributed by atoms with Crippen LogP contribution in [0.15, 0.2) is 0 Å². The first-order valence-electron chi connectivity index (χ1n) is 8.09. The van der Waals surface area contributed by atoms with Crippen LogP contribution >= 0.6 is 0 Å². The highest BCUT2D eigenvalue weighted by molar-refractivity contribution is 4.98. The van der Waals surface area contributed by atoms with E-state index in [0.29, 0.717) is 6.04 Å². The van der Waals surface area contributed by atoms with Gasteiger partial charge in [-0.15, -0.1) is 0 Å². The third-order valence-corrected chi connectivity index (χ3v) is 5.18. The first-order chi connectivity index (χ1) is 8.80. The van der Waals surface area contributed by atoms with Crippen LogP contribution < -0.4 is 5.32 Å². The average Bonchev–Trinajstić information content (AvgIpc) is 3.05. The van der Waals surface area contributed by atoms with Crippen molar-refractivity contribution >= 4 is 0 Å². The van der Waals surface area contributed by atoms with Crippen molar-refractivity contribution in [1.29, 1.82) is 0 Å². The Kier molecular flexibility index (Phi) is 5.50. The zero-order chi connectivity index (χ0) is 12.8. The first-order valence-corrected chi connectivity index (χ1v) is 8.09. The van der Waals surface area contributed by atoms with Crippen LogP contribution in [0, 0.1) is 5.92 Å². The number of methoxy groups -OCH3 is 1. The molecule has 2 rings (SSSR count). The van der Waals surface area contributed by atoms with Crippen LogP contribution in [0.2, 0.25) is 0 Å². The molecule has 0 aromatic rings. The van der Waals surface area contributed by atoms with E-state index >= 15 is 0 Å². The molecule has 2 aliphatic rings. The highest BCUT2D eigenvalue weighted by atomic mass is 16.5. The molecule has 0 aliphatic heterocycles. The van der Waals surface area contributed by atoms with Gasteiger partial charge in [-0.1, -0.05) is 45.4 Å². The summed E-state index contributed by atoms with van der Waals surface area (Å²) in [4.78, 5) is 0. The third-order valence-electron chi connectivity index (χ3n) is 5.18. The molecular weight excluding hydrogens is 222 g/mol. The second kappa shape index (κ2) is 6.91. The molecule has 0 aromatic heterocycles. The second-order valence-corrected chi connectivity index (χ2v) is 6.37. The quantitative estimate of drug-likeness (QED) is 0.743. The Morgan fingerprint density at radius 2 is 1.83 bits per heavy atom. The van der Waals surface area contributed by atoms with Crippen molar-refractivity contribution in [2.24, 2.45) is 5.92 Å². The highest BCUT2D eigenvalue weighted by Gasteiger charge is 2.42. The van der Waals surface area contributed by atoms with Crippen molar-refractivity contribution in [1.82, 2.24) is 5.32 Å². The lowest BCUT2D eigenvalue weighted by Gasteiger charge is -2.38. The predicted octanol–water partition coefficient (Wildman–Crippen LogP) is 3.89. The molecule has 0 saturated heterocycles. The van der Waals surface area contributed by atoms with Gasteiger partial charge in [0.05, 0.1) is 5.60 Å². The number of nitrogens with one attached hydrogen (secondary N) is 1. The molecular formula is C16H31NO. The summed E-state index contributed by atoms with van der Waals surface area (Å²) in [5.41, 5.74) is 0.151. The fourth-order valence-corrected chi connectivity index (χ4v) is 4.05. The lowest BCUT2D eigenvalue weighted by molar-refractivity contribution is -0.0414. The second-order valence-electron chi connectivity index (χ2n) is 6.37. The van der Waals surface area contributed by atoms with Crippen molar-refractivity contribution in [3.05, 3.63) is 0 Å². The van der Waals surface area contributed by atoms with Gasteiger partial charge >= 0.3 is 0 Å². The largest absolute Gasteiger partial charge is 0.377 e. The van der Waals surface area contributed by atoms with E-state index < -0.39 is 0 Å². The van der Waals surface area contributed by atoms with Crippen molar-refractivity contribution in [2.75, 3.05) is 13.7 Å². The minimum Gasteiger partial charge on any atom is -0.377 e. The minimum atomic E-state index is 0.151. The summed E-state index contributed by atoms with van der Waals surface area (Å²) >= 11 is 0. The van der Waals surface area contributed by atoms with Gasteiger partial charge in [0, 0.05) is 13.2 Å². The zero-order valence-corrected chi connectivity index (χ0v) is 12.3. The van der Waals surface area contributed by atoms with Gasteiger partial charge in [0.15, 0.2) is 0 Å². The molecule has 0 spiro atoms. The summed E-state index contributed by atoms with van der Waals surface area (Å²) in [6, 6.07) is 0.591. The van der Waals surface area contributed by atoms with Gasteiger partial charge in [-0.05, 0) is 38.1 Å². The molecule has 2 heteroatoms. The molecule has 1 unspecified atom stereocenters. The van der Waals surface area contributed by atoms with Crippen molar-refractivity contribution in [3.63, 3.8) is 0 Å². The number of hydrogen-bond donors (Lipinski definition) is 1. The van der Waals surface area contributed by atoms with Crippen LogP contribution in [0.1, 0.15) is 71.1 Å². The predicted molar refractivity (Wildman–Crippen MR) is 76.9 cm³/mol. The van der Waals surface area contributed by atoms with Gasteiger partial charge in [0.25, 0.3) is 0 Å². The molecule has 0 bridgehead atoms. The van der Waals surface area contributed by atoms with Crippen molar-refractivity contribution < 1.29 is 4.74 Å². The Morgan fingerprint density at radius 3 is 2.39 bits per heavy atom. The Hall–Kier alpha value is -0.0800. The monoisotopic (exact) mass is 253 g/mol. The van der Waals surface area contributed by atoms with Crippen LogP contribution in [-0.2, 0) is 4.74 Å². The molecule has 106 valence electrons. The lowest BCUT2D eigenvalue weighted by atomic mass is 9.84. The fraction of sp³-hybridized carbons (Fsp3) is 1.00. The molecule has 2 fully saturated rings. The van der Waals surface area contributed by atoms with Crippen LogP contribution in [0.3, 0.4) is 0 Å². The number of hydrogen-bond acceptors (Lipinski definition) is 2. The van der Waals surface area contributed by atoms with Crippen molar-refractivity contribution in [2.45, 2.75) is 82.8 Å². The van der Waals surface area contributed by atoms with E-state index in [4.69, 9.17) is 4.74 Å². The van der Waals surface area contributed by atoms with Gasteiger partial charge in [0.1, 0.15) is 0 Å². The van der Waals surface area contributed by atoms with Gasteiger partial charge in [-0.25, -0.2) is 0 Å². The number of rotatable bonds is 7. The minimum absolute atomic E-state index is 0.151. The maximum Gasteiger partial charge on any atom is 0.0831 e. The molecule has 1 atom stereocenters. The lowest BCUT2D eigenvalue weighted by Crippen LogP contribution is -2.51. The first kappa shape index (κ1) is 14.3. The SMILES string of the molecule is CCCNC(CC1CCCC1)C1(OC)CCCC1. The summed E-state index contributed by atoms with van der Waals surface area (Å²) in [6.45, 7) is 3.40. The van der Waals surface area contributed by atoms with Crippen LogP contribution in [-0.4, -0.2) is 25.3 Å². The summed E-state index contributed by atoms with van der Waals surface area (Å²) in [7, 11) is 1.93. The summed E-state index contributed by atoms with van der Waals surface area (Å²) in [6.07, 6.45) is 13.6. The number of ether oxygens (including phenoxy) is 1. The van der Waals surface area contributed by atoms with Gasteiger partial charge in [-0.2, -0.15) is 0 Å². The van der Waals surface area contributed by atoms with Crippen molar-refractivity contribution in [3.8, 4) is 0 Å². The molecule has 0 heterocycles. The van der Waals surface area contributed by atoms with Crippen LogP contribution in [0.5, 0.6) is 0 Å². The Balaban J connectivity index is 1.97. The molecule has 2 aliphatic carbocycles. The smallest absolute Gasteiger partial charge is 0.0831 e. The Labute approximate surface area is 113 Å². The van der Waals surface area contributed by atoms with Gasteiger partial charge in [0.2, 0.25) is 0 Å². The van der Waals surface area contributed by atoms with Crippen LogP contribution in [0.25, 0.3) is 0 Å². The van der Waals surface area contributed by atoms with E-state index in [9.17, 15) is 0 Å². The van der Waals surface area contributed by atoms with E-state index in [1.165, 1.54) is 64.2 Å². The molecule has 2 saturated carbocycles. The molecule has 2 nitrogen and oxygen atoms in total.